The number of anilines is 1. The number of carbonyl (C=O) groups excluding carboxylic acids is 1. The molecule has 0 heterocycles. The van der Waals surface area contributed by atoms with Gasteiger partial charge in [0.2, 0.25) is 0 Å². The van der Waals surface area contributed by atoms with Gasteiger partial charge in [-0.1, -0.05) is 0 Å². The normalized spacial score (nSPS) is 10.3. The molecule has 8 heteroatoms. The van der Waals surface area contributed by atoms with E-state index in [2.05, 4.69) is 8.95 Å². The van der Waals surface area contributed by atoms with Crippen LogP contribution in [0.4, 0.5) is 5.69 Å². The SMILES string of the molecule is CN(C(=O)c1cccc(C(=O)O)c1)c1cc[c]([Ge][O]OO)cc1. The molecule has 2 radical (unpaired) electrons. The van der Waals surface area contributed by atoms with E-state index < -0.39 is 21.7 Å². The molecule has 7 nitrogen and oxygen atoms in total. The van der Waals surface area contributed by atoms with E-state index in [1.807, 2.05) is 0 Å². The molecule has 0 aliphatic rings. The second kappa shape index (κ2) is 7.88. The average Bonchev–Trinajstić information content (AvgIpc) is 2.59. The molecule has 0 bridgehead atoms. The molecule has 0 saturated heterocycles. The number of hydrogen-bond donors (Lipinski definition) is 2. The first-order valence-corrected chi connectivity index (χ1v) is 8.38. The Labute approximate surface area is 138 Å². The van der Waals surface area contributed by atoms with E-state index in [4.69, 9.17) is 10.4 Å². The van der Waals surface area contributed by atoms with Crippen molar-refractivity contribution in [3.8, 4) is 0 Å². The number of carboxylic acid groups (broad SMARTS) is 1. The van der Waals surface area contributed by atoms with E-state index in [1.54, 1.807) is 37.4 Å². The fourth-order valence-electron chi connectivity index (χ4n) is 1.92. The van der Waals surface area contributed by atoms with Crippen LogP contribution in [0, 0.1) is 0 Å². The number of hydrogen-bond acceptors (Lipinski definition) is 5. The van der Waals surface area contributed by atoms with Crippen LogP contribution in [-0.4, -0.2) is 45.1 Å². The van der Waals surface area contributed by atoms with Crippen molar-refractivity contribution in [2.24, 2.45) is 0 Å². The van der Waals surface area contributed by atoms with Crippen molar-refractivity contribution < 1.29 is 28.9 Å². The maximum absolute atomic E-state index is 12.4. The van der Waals surface area contributed by atoms with Crippen LogP contribution in [0.15, 0.2) is 48.5 Å². The molecule has 2 rings (SSSR count). The Morgan fingerprint density at radius 1 is 1.09 bits per heavy atom. The van der Waals surface area contributed by atoms with Crippen LogP contribution in [0.1, 0.15) is 20.7 Å². The van der Waals surface area contributed by atoms with Crippen LogP contribution in [-0.2, 0) is 8.95 Å². The van der Waals surface area contributed by atoms with Crippen LogP contribution >= 0.6 is 0 Å². The van der Waals surface area contributed by atoms with E-state index in [0.29, 0.717) is 11.3 Å². The molecule has 118 valence electrons. The van der Waals surface area contributed by atoms with E-state index in [0.717, 1.165) is 4.40 Å². The Morgan fingerprint density at radius 2 is 1.74 bits per heavy atom. The molecule has 23 heavy (non-hydrogen) atoms. The minimum absolute atomic E-state index is 0.0613. The maximum atomic E-state index is 12.4. The van der Waals surface area contributed by atoms with Gasteiger partial charge in [0.25, 0.3) is 0 Å². The average molecular weight is 376 g/mol. The summed E-state index contributed by atoms with van der Waals surface area (Å²) in [6.07, 6.45) is 0. The van der Waals surface area contributed by atoms with Gasteiger partial charge in [0.1, 0.15) is 0 Å². The minimum atomic E-state index is -1.08. The fraction of sp³-hybridized carbons (Fsp3) is 0.0667. The summed E-state index contributed by atoms with van der Waals surface area (Å²) >= 11 is -1.05. The second-order valence-electron chi connectivity index (χ2n) is 4.56. The molecule has 0 spiro atoms. The summed E-state index contributed by atoms with van der Waals surface area (Å²) in [6.45, 7) is 0. The van der Waals surface area contributed by atoms with Gasteiger partial charge in [-0.3, -0.25) is 0 Å². The molecule has 0 aliphatic heterocycles. The molecule has 1 amide bonds. The topological polar surface area (TPSA) is 96.3 Å². The third-order valence-electron chi connectivity index (χ3n) is 3.11. The van der Waals surface area contributed by atoms with Crippen LogP contribution in [0.2, 0.25) is 0 Å². The Kier molecular flexibility index (Phi) is 5.88. The number of rotatable bonds is 6. The van der Waals surface area contributed by atoms with Gasteiger partial charge < -0.3 is 0 Å². The van der Waals surface area contributed by atoms with Gasteiger partial charge in [-0.05, 0) is 0 Å². The Bertz CT molecular complexity index is 703. The predicted octanol–water partition coefficient (Wildman–Crippen LogP) is 1.33. The molecular formula is C15H13GeNO6. The molecule has 0 fully saturated rings. The zero-order valence-electron chi connectivity index (χ0n) is 12.1. The summed E-state index contributed by atoms with van der Waals surface area (Å²) in [6, 6.07) is 12.9. The Hall–Kier alpha value is -2.20. The van der Waals surface area contributed by atoms with Crippen LogP contribution < -0.4 is 9.30 Å². The van der Waals surface area contributed by atoms with E-state index >= 15 is 0 Å². The standard InChI is InChI=1S/C15H13GeNO6/c1-17(13-7-5-12(6-8-13)16-22-23-21)14(18)10-3-2-4-11(9-10)15(19)20/h2-9,21H,1H3,(H,19,20). The van der Waals surface area contributed by atoms with E-state index in [-0.39, 0.29) is 11.5 Å². The Morgan fingerprint density at radius 3 is 2.35 bits per heavy atom. The van der Waals surface area contributed by atoms with Crippen molar-refractivity contribution in [3.63, 3.8) is 0 Å². The van der Waals surface area contributed by atoms with E-state index in [9.17, 15) is 9.59 Å². The summed E-state index contributed by atoms with van der Waals surface area (Å²) in [4.78, 5) is 24.8. The van der Waals surface area contributed by atoms with Crippen molar-refractivity contribution in [2.75, 3.05) is 11.9 Å². The fourth-order valence-corrected chi connectivity index (χ4v) is 2.83. The van der Waals surface area contributed by atoms with Crippen molar-refractivity contribution in [3.05, 3.63) is 59.7 Å². The summed E-state index contributed by atoms with van der Waals surface area (Å²) in [5.41, 5.74) is 1.00. The van der Waals surface area contributed by atoms with Crippen molar-refractivity contribution in [1.82, 2.24) is 0 Å². The quantitative estimate of drug-likeness (QED) is 0.449. The summed E-state index contributed by atoms with van der Waals surface area (Å²) in [5.74, 6) is -1.39. The first-order chi connectivity index (χ1) is 11.0. The molecule has 2 N–H and O–H groups in total. The number of benzene rings is 2. The van der Waals surface area contributed by atoms with Crippen LogP contribution in [0.5, 0.6) is 0 Å². The summed E-state index contributed by atoms with van der Waals surface area (Å²) in [5, 5.41) is 20.7. The number of carboxylic acids is 1. The van der Waals surface area contributed by atoms with Crippen molar-refractivity contribution >= 4 is 37.7 Å². The first kappa shape index (κ1) is 17.2. The summed E-state index contributed by atoms with van der Waals surface area (Å²) in [7, 11) is 1.61. The zero-order valence-corrected chi connectivity index (χ0v) is 14.2. The molecule has 0 atom stereocenters. The number of aromatic carboxylic acids is 1. The molecule has 0 aliphatic carbocycles. The van der Waals surface area contributed by atoms with Gasteiger partial charge in [-0.2, -0.15) is 0 Å². The number of nitrogens with zero attached hydrogens (tertiary/aromatic N) is 1. The second-order valence-corrected chi connectivity index (χ2v) is 6.55. The molecule has 2 aromatic carbocycles. The van der Waals surface area contributed by atoms with Crippen molar-refractivity contribution in [1.29, 1.82) is 0 Å². The Balaban J connectivity index is 2.16. The molecule has 0 aromatic heterocycles. The molecule has 2 aromatic rings. The van der Waals surface area contributed by atoms with Gasteiger partial charge in [0.05, 0.1) is 0 Å². The van der Waals surface area contributed by atoms with E-state index in [1.165, 1.54) is 23.1 Å². The van der Waals surface area contributed by atoms with Gasteiger partial charge in [0, 0.05) is 0 Å². The molecular weight excluding hydrogens is 363 g/mol. The zero-order chi connectivity index (χ0) is 16.8. The van der Waals surface area contributed by atoms with Gasteiger partial charge in [-0.25, -0.2) is 0 Å². The molecule has 0 unspecified atom stereocenters. The first-order valence-electron chi connectivity index (χ1n) is 6.47. The third-order valence-corrected chi connectivity index (χ3v) is 4.64. The van der Waals surface area contributed by atoms with Crippen molar-refractivity contribution in [2.45, 2.75) is 0 Å². The summed E-state index contributed by atoms with van der Waals surface area (Å²) < 4.78 is 5.39. The molecule has 0 saturated carbocycles. The number of carbonyl (C=O) groups is 2. The van der Waals surface area contributed by atoms with Crippen LogP contribution in [0.25, 0.3) is 0 Å². The van der Waals surface area contributed by atoms with Crippen LogP contribution in [0.3, 0.4) is 0 Å². The van der Waals surface area contributed by atoms with Gasteiger partial charge in [-0.15, -0.1) is 0 Å². The predicted molar refractivity (Wildman–Crippen MR) is 82.8 cm³/mol. The monoisotopic (exact) mass is 377 g/mol. The number of amides is 1. The van der Waals surface area contributed by atoms with Gasteiger partial charge in [0.15, 0.2) is 0 Å². The van der Waals surface area contributed by atoms with Gasteiger partial charge >= 0.3 is 138 Å². The third kappa shape index (κ3) is 4.39.